The molecule has 0 atom stereocenters. The van der Waals surface area contributed by atoms with Crippen LogP contribution in [-0.4, -0.2) is 60.4 Å². The van der Waals surface area contributed by atoms with Crippen molar-refractivity contribution in [2.24, 2.45) is 0 Å². The van der Waals surface area contributed by atoms with Gasteiger partial charge in [-0.15, -0.1) is 5.10 Å². The third-order valence-electron chi connectivity index (χ3n) is 4.97. The van der Waals surface area contributed by atoms with Gasteiger partial charge in [-0.2, -0.15) is 9.90 Å². The second-order valence-corrected chi connectivity index (χ2v) is 7.09. The summed E-state index contributed by atoms with van der Waals surface area (Å²) < 4.78 is 17.2. The number of amides is 1. The number of carbonyl (C=O) groups excluding carboxylic acids is 1. The molecule has 1 aliphatic heterocycles. The van der Waals surface area contributed by atoms with Crippen LogP contribution in [0, 0.1) is 0 Å². The van der Waals surface area contributed by atoms with Crippen LogP contribution in [0.1, 0.15) is 24.3 Å². The Labute approximate surface area is 186 Å². The summed E-state index contributed by atoms with van der Waals surface area (Å²) in [5, 5.41) is 11.4. The van der Waals surface area contributed by atoms with Gasteiger partial charge in [0.05, 0.1) is 49.7 Å². The highest BCUT2D eigenvalue weighted by Crippen LogP contribution is 2.39. The zero-order chi connectivity index (χ0) is 22.3. The number of hydrogen-bond acceptors (Lipinski definition) is 7. The number of aromatic nitrogens is 3. The number of ether oxygens (including phenoxy) is 3. The van der Waals surface area contributed by atoms with E-state index in [0.717, 1.165) is 24.5 Å². The molecule has 168 valence electrons. The first-order valence-corrected chi connectivity index (χ1v) is 10.7. The van der Waals surface area contributed by atoms with Gasteiger partial charge in [-0.05, 0) is 26.0 Å². The normalized spacial score (nSPS) is 13.6. The van der Waals surface area contributed by atoms with E-state index in [1.165, 1.54) is 11.0 Å². The van der Waals surface area contributed by atoms with Crippen LogP contribution < -0.4 is 19.7 Å². The number of nitrogens with one attached hydrogen (secondary N) is 1. The summed E-state index contributed by atoms with van der Waals surface area (Å²) in [7, 11) is 0. The largest absolute Gasteiger partial charge is 0.492 e. The molecule has 1 aromatic heterocycles. The predicted octanol–water partition coefficient (Wildman–Crippen LogP) is 3.15. The number of rotatable bonds is 8. The molecule has 1 fully saturated rings. The van der Waals surface area contributed by atoms with Gasteiger partial charge >= 0.3 is 0 Å². The Morgan fingerprint density at radius 3 is 2.50 bits per heavy atom. The molecule has 1 N–H and O–H groups in total. The van der Waals surface area contributed by atoms with Crippen LogP contribution in [-0.2, 0) is 4.74 Å². The molecule has 0 bridgehead atoms. The number of carbonyl (C=O) groups is 1. The van der Waals surface area contributed by atoms with Gasteiger partial charge in [0.25, 0.3) is 5.91 Å². The van der Waals surface area contributed by atoms with E-state index in [1.54, 1.807) is 6.07 Å². The van der Waals surface area contributed by atoms with Gasteiger partial charge in [-0.1, -0.05) is 18.2 Å². The van der Waals surface area contributed by atoms with Gasteiger partial charge in [0.2, 0.25) is 0 Å². The third-order valence-corrected chi connectivity index (χ3v) is 4.97. The number of para-hydroxylation sites is 1. The molecule has 4 rings (SSSR count). The summed E-state index contributed by atoms with van der Waals surface area (Å²) in [6.07, 6.45) is 1.44. The molecule has 1 aliphatic rings. The van der Waals surface area contributed by atoms with Crippen LogP contribution in [0.25, 0.3) is 5.69 Å². The molecule has 9 heteroatoms. The lowest BCUT2D eigenvalue weighted by Gasteiger charge is -2.31. The Hall–Kier alpha value is -3.59. The van der Waals surface area contributed by atoms with E-state index in [4.69, 9.17) is 14.2 Å². The first-order valence-electron chi connectivity index (χ1n) is 10.7. The van der Waals surface area contributed by atoms with Gasteiger partial charge in [0.1, 0.15) is 11.5 Å². The lowest BCUT2D eigenvalue weighted by atomic mass is 10.2. The molecule has 3 aromatic rings. The van der Waals surface area contributed by atoms with Crippen molar-refractivity contribution in [2.45, 2.75) is 13.8 Å². The Bertz CT molecular complexity index is 1050. The smallest absolute Gasteiger partial charge is 0.277 e. The van der Waals surface area contributed by atoms with E-state index < -0.39 is 0 Å². The van der Waals surface area contributed by atoms with E-state index in [2.05, 4.69) is 20.4 Å². The molecule has 0 spiro atoms. The van der Waals surface area contributed by atoms with Crippen molar-refractivity contribution < 1.29 is 19.0 Å². The van der Waals surface area contributed by atoms with Gasteiger partial charge in [0.15, 0.2) is 5.69 Å². The predicted molar refractivity (Wildman–Crippen MR) is 121 cm³/mol. The molecule has 2 aromatic carbocycles. The van der Waals surface area contributed by atoms with E-state index in [-0.39, 0.29) is 11.6 Å². The van der Waals surface area contributed by atoms with Gasteiger partial charge in [-0.25, -0.2) is 0 Å². The molecule has 2 heterocycles. The zero-order valence-corrected chi connectivity index (χ0v) is 18.3. The number of anilines is 2. The molecule has 9 nitrogen and oxygen atoms in total. The molecular weight excluding hydrogens is 410 g/mol. The van der Waals surface area contributed by atoms with E-state index in [9.17, 15) is 4.79 Å². The average Bonchev–Trinajstić information content (AvgIpc) is 3.33. The van der Waals surface area contributed by atoms with E-state index in [1.807, 2.05) is 50.2 Å². The summed E-state index contributed by atoms with van der Waals surface area (Å²) in [4.78, 5) is 16.5. The minimum atomic E-state index is -0.380. The second kappa shape index (κ2) is 10.1. The first kappa shape index (κ1) is 21.6. The van der Waals surface area contributed by atoms with Crippen LogP contribution in [0.5, 0.6) is 11.5 Å². The number of nitrogens with zero attached hydrogens (tertiary/aromatic N) is 4. The Balaban J connectivity index is 1.61. The fourth-order valence-corrected chi connectivity index (χ4v) is 3.48. The third kappa shape index (κ3) is 4.83. The lowest BCUT2D eigenvalue weighted by Crippen LogP contribution is -2.36. The molecule has 1 amide bonds. The molecule has 0 aliphatic carbocycles. The summed E-state index contributed by atoms with van der Waals surface area (Å²) in [5.74, 6) is 0.872. The summed E-state index contributed by atoms with van der Waals surface area (Å²) in [5.41, 5.74) is 2.42. The van der Waals surface area contributed by atoms with Gasteiger partial charge in [0, 0.05) is 25.2 Å². The number of morpholine rings is 1. The summed E-state index contributed by atoms with van der Waals surface area (Å²) in [6.45, 7) is 7.64. The van der Waals surface area contributed by atoms with Crippen molar-refractivity contribution in [3.8, 4) is 17.2 Å². The topological polar surface area (TPSA) is 90.7 Å². The van der Waals surface area contributed by atoms with Crippen molar-refractivity contribution in [1.29, 1.82) is 0 Å². The number of benzene rings is 2. The Morgan fingerprint density at radius 2 is 1.78 bits per heavy atom. The van der Waals surface area contributed by atoms with Crippen LogP contribution in [0.4, 0.5) is 11.4 Å². The van der Waals surface area contributed by atoms with Crippen LogP contribution >= 0.6 is 0 Å². The van der Waals surface area contributed by atoms with Crippen molar-refractivity contribution in [3.05, 3.63) is 54.4 Å². The summed E-state index contributed by atoms with van der Waals surface area (Å²) in [6, 6.07) is 13.1. The maximum Gasteiger partial charge on any atom is 0.277 e. The molecule has 1 saturated heterocycles. The highest BCUT2D eigenvalue weighted by atomic mass is 16.5. The highest BCUT2D eigenvalue weighted by molar-refractivity contribution is 6.04. The molecule has 32 heavy (non-hydrogen) atoms. The van der Waals surface area contributed by atoms with E-state index >= 15 is 0 Å². The summed E-state index contributed by atoms with van der Waals surface area (Å²) >= 11 is 0. The maximum absolute atomic E-state index is 12.9. The average molecular weight is 438 g/mol. The lowest BCUT2D eigenvalue weighted by molar-refractivity contribution is 0.102. The van der Waals surface area contributed by atoms with Crippen molar-refractivity contribution >= 4 is 17.3 Å². The minimum Gasteiger partial charge on any atom is -0.492 e. The number of hydrogen-bond donors (Lipinski definition) is 1. The minimum absolute atomic E-state index is 0.200. The monoisotopic (exact) mass is 437 g/mol. The molecule has 0 unspecified atom stereocenters. The first-order chi connectivity index (χ1) is 15.7. The SMILES string of the molecule is CCOc1cc(N2CCOCC2)c(OCC)cc1NC(=O)c1cnn(-c2ccccc2)n1. The van der Waals surface area contributed by atoms with Crippen LogP contribution in [0.15, 0.2) is 48.7 Å². The van der Waals surface area contributed by atoms with Gasteiger partial charge < -0.3 is 24.4 Å². The Morgan fingerprint density at radius 1 is 1.06 bits per heavy atom. The zero-order valence-electron chi connectivity index (χ0n) is 18.3. The standard InChI is InChI=1S/C23H27N5O4/c1-3-31-21-15-20(27-10-12-30-13-11-27)22(32-4-2)14-18(21)25-23(29)19-16-24-28(26-19)17-8-6-5-7-9-17/h5-9,14-16H,3-4,10-13H2,1-2H3,(H,25,29). The molecule has 0 saturated carbocycles. The highest BCUT2D eigenvalue weighted by Gasteiger charge is 2.21. The van der Waals surface area contributed by atoms with Crippen molar-refractivity contribution in [2.75, 3.05) is 49.7 Å². The fraction of sp³-hybridized carbons (Fsp3) is 0.348. The van der Waals surface area contributed by atoms with Crippen molar-refractivity contribution in [1.82, 2.24) is 15.0 Å². The quantitative estimate of drug-likeness (QED) is 0.579. The van der Waals surface area contributed by atoms with Gasteiger partial charge in [-0.3, -0.25) is 4.79 Å². The Kier molecular flexibility index (Phi) is 6.86. The van der Waals surface area contributed by atoms with Crippen LogP contribution in [0.3, 0.4) is 0 Å². The molecular formula is C23H27N5O4. The van der Waals surface area contributed by atoms with Crippen LogP contribution in [0.2, 0.25) is 0 Å². The maximum atomic E-state index is 12.9. The second-order valence-electron chi connectivity index (χ2n) is 7.09. The van der Waals surface area contributed by atoms with E-state index in [0.29, 0.717) is 43.6 Å². The van der Waals surface area contributed by atoms with Crippen molar-refractivity contribution in [3.63, 3.8) is 0 Å². The fourth-order valence-electron chi connectivity index (χ4n) is 3.48. The molecule has 0 radical (unpaired) electrons.